The number of nitrogens with zero attached hydrogens (tertiary/aromatic N) is 2. The Bertz CT molecular complexity index is 614. The van der Waals surface area contributed by atoms with E-state index in [-0.39, 0.29) is 5.41 Å². The maximum absolute atomic E-state index is 4.63. The molecule has 0 saturated heterocycles. The second-order valence-electron chi connectivity index (χ2n) is 6.13. The minimum atomic E-state index is 0.255. The van der Waals surface area contributed by atoms with E-state index in [9.17, 15) is 0 Å². The lowest BCUT2D eigenvalue weighted by molar-refractivity contribution is 0.244. The number of guanidine groups is 1. The highest BCUT2D eigenvalue weighted by molar-refractivity contribution is 5.79. The molecule has 1 heterocycles. The third-order valence-electron chi connectivity index (χ3n) is 4.60. The number of aromatic nitrogens is 2. The highest BCUT2D eigenvalue weighted by atomic mass is 15.2. The number of benzene rings is 1. The number of hydrogen-bond donors (Lipinski definition) is 3. The first-order valence-electron chi connectivity index (χ1n) is 8.38. The molecule has 0 spiro atoms. The lowest BCUT2D eigenvalue weighted by atomic mass is 9.64. The Kier molecular flexibility index (Phi) is 4.95. The van der Waals surface area contributed by atoms with Gasteiger partial charge in [0.05, 0.1) is 12.2 Å². The molecule has 0 radical (unpaired) electrons. The molecule has 3 rings (SSSR count). The van der Waals surface area contributed by atoms with Crippen molar-refractivity contribution in [2.24, 2.45) is 4.99 Å². The number of hydrogen-bond acceptors (Lipinski definition) is 2. The molecule has 0 unspecified atom stereocenters. The molecule has 0 bridgehead atoms. The van der Waals surface area contributed by atoms with Crippen molar-refractivity contribution in [3.63, 3.8) is 0 Å². The minimum absolute atomic E-state index is 0.255. The molecule has 0 atom stereocenters. The summed E-state index contributed by atoms with van der Waals surface area (Å²) in [5.41, 5.74) is 2.71. The zero-order valence-electron chi connectivity index (χ0n) is 13.7. The summed E-state index contributed by atoms with van der Waals surface area (Å²) < 4.78 is 0. The fourth-order valence-corrected chi connectivity index (χ4v) is 3.09. The van der Waals surface area contributed by atoms with Crippen LogP contribution >= 0.6 is 0 Å². The summed E-state index contributed by atoms with van der Waals surface area (Å²) in [7, 11) is 0. The van der Waals surface area contributed by atoms with Crippen LogP contribution in [0.1, 0.15) is 37.4 Å². The summed E-state index contributed by atoms with van der Waals surface area (Å²) in [5.74, 6) is 0.865. The van der Waals surface area contributed by atoms with Crippen molar-refractivity contribution in [3.05, 3.63) is 53.9 Å². The van der Waals surface area contributed by atoms with Gasteiger partial charge in [-0.05, 0) is 31.4 Å². The smallest absolute Gasteiger partial charge is 0.191 e. The van der Waals surface area contributed by atoms with E-state index in [1.807, 2.05) is 6.07 Å². The summed E-state index contributed by atoms with van der Waals surface area (Å²) in [5, 5.41) is 13.8. The van der Waals surface area contributed by atoms with E-state index in [2.05, 4.69) is 63.1 Å². The molecule has 1 saturated carbocycles. The number of H-pyrrole nitrogens is 1. The van der Waals surface area contributed by atoms with Crippen molar-refractivity contribution in [1.82, 2.24) is 20.8 Å². The van der Waals surface area contributed by atoms with Crippen LogP contribution < -0.4 is 10.6 Å². The van der Waals surface area contributed by atoms with E-state index in [4.69, 9.17) is 0 Å². The molecule has 0 aliphatic heterocycles. The highest BCUT2D eigenvalue weighted by Crippen LogP contribution is 2.43. The van der Waals surface area contributed by atoms with Crippen LogP contribution in [-0.4, -0.2) is 29.2 Å². The van der Waals surface area contributed by atoms with Gasteiger partial charge in [0.15, 0.2) is 5.96 Å². The molecular weight excluding hydrogens is 286 g/mol. The van der Waals surface area contributed by atoms with E-state index >= 15 is 0 Å². The Morgan fingerprint density at radius 1 is 1.22 bits per heavy atom. The molecule has 1 aliphatic rings. The Labute approximate surface area is 137 Å². The summed E-state index contributed by atoms with van der Waals surface area (Å²) in [4.78, 5) is 4.63. The van der Waals surface area contributed by atoms with Gasteiger partial charge in [-0.1, -0.05) is 36.8 Å². The number of nitrogens with one attached hydrogen (secondary N) is 3. The topological polar surface area (TPSA) is 65.1 Å². The monoisotopic (exact) mass is 311 g/mol. The van der Waals surface area contributed by atoms with Gasteiger partial charge in [-0.3, -0.25) is 5.10 Å². The molecule has 5 heteroatoms. The first kappa shape index (κ1) is 15.6. The van der Waals surface area contributed by atoms with Crippen LogP contribution in [0.15, 0.2) is 47.6 Å². The van der Waals surface area contributed by atoms with Crippen LogP contribution in [0.4, 0.5) is 0 Å². The SMILES string of the molecule is CCNC(=NCc1ccn[nH]1)NCC1(c2ccccc2)CCC1. The normalized spacial score (nSPS) is 16.7. The predicted octanol–water partition coefficient (Wildman–Crippen LogP) is 2.59. The van der Waals surface area contributed by atoms with Crippen LogP contribution in [0, 0.1) is 0 Å². The Hall–Kier alpha value is -2.30. The van der Waals surface area contributed by atoms with Gasteiger partial charge in [-0.25, -0.2) is 4.99 Å². The largest absolute Gasteiger partial charge is 0.357 e. The van der Waals surface area contributed by atoms with Crippen molar-refractivity contribution >= 4 is 5.96 Å². The van der Waals surface area contributed by atoms with Gasteiger partial charge in [-0.2, -0.15) is 5.10 Å². The van der Waals surface area contributed by atoms with Crippen molar-refractivity contribution in [2.75, 3.05) is 13.1 Å². The van der Waals surface area contributed by atoms with Gasteiger partial charge in [-0.15, -0.1) is 0 Å². The average molecular weight is 311 g/mol. The summed E-state index contributed by atoms with van der Waals surface area (Å²) in [6.45, 7) is 4.47. The Morgan fingerprint density at radius 3 is 2.65 bits per heavy atom. The van der Waals surface area contributed by atoms with Gasteiger partial charge < -0.3 is 10.6 Å². The molecular formula is C18H25N5. The molecule has 1 aromatic heterocycles. The van der Waals surface area contributed by atoms with Crippen LogP contribution in [0.3, 0.4) is 0 Å². The minimum Gasteiger partial charge on any atom is -0.357 e. The second-order valence-corrected chi connectivity index (χ2v) is 6.13. The predicted molar refractivity (Wildman–Crippen MR) is 93.4 cm³/mol. The average Bonchev–Trinajstić information content (AvgIpc) is 3.06. The first-order valence-corrected chi connectivity index (χ1v) is 8.38. The zero-order chi connectivity index (χ0) is 16.0. The molecule has 122 valence electrons. The van der Waals surface area contributed by atoms with Crippen molar-refractivity contribution in [2.45, 2.75) is 38.1 Å². The summed E-state index contributed by atoms with van der Waals surface area (Å²) >= 11 is 0. The maximum atomic E-state index is 4.63. The van der Waals surface area contributed by atoms with Gasteiger partial charge in [0, 0.05) is 24.7 Å². The van der Waals surface area contributed by atoms with E-state index < -0.39 is 0 Å². The lowest BCUT2D eigenvalue weighted by Gasteiger charge is -2.43. The van der Waals surface area contributed by atoms with Gasteiger partial charge in [0.1, 0.15) is 0 Å². The molecule has 0 amide bonds. The summed E-state index contributed by atoms with van der Waals surface area (Å²) in [6, 6.07) is 12.8. The fraction of sp³-hybridized carbons (Fsp3) is 0.444. The molecule has 23 heavy (non-hydrogen) atoms. The molecule has 3 N–H and O–H groups in total. The standard InChI is InChI=1S/C18H25N5/c1-2-19-17(20-13-16-9-12-22-23-16)21-14-18(10-6-11-18)15-7-4-3-5-8-15/h3-5,7-9,12H,2,6,10-11,13-14H2,1H3,(H,22,23)(H2,19,20,21). The first-order chi connectivity index (χ1) is 11.3. The second kappa shape index (κ2) is 7.31. The lowest BCUT2D eigenvalue weighted by Crippen LogP contribution is -2.48. The zero-order valence-corrected chi connectivity index (χ0v) is 13.7. The number of aromatic amines is 1. The molecule has 5 nitrogen and oxygen atoms in total. The van der Waals surface area contributed by atoms with Crippen LogP contribution in [0.25, 0.3) is 0 Å². The van der Waals surface area contributed by atoms with E-state index in [0.717, 1.165) is 24.7 Å². The van der Waals surface area contributed by atoms with E-state index in [1.165, 1.54) is 24.8 Å². The Balaban J connectivity index is 1.64. The van der Waals surface area contributed by atoms with Crippen LogP contribution in [0.2, 0.25) is 0 Å². The summed E-state index contributed by atoms with van der Waals surface area (Å²) in [6.07, 6.45) is 5.54. The fourth-order valence-electron chi connectivity index (χ4n) is 3.09. The molecule has 1 fully saturated rings. The van der Waals surface area contributed by atoms with E-state index in [0.29, 0.717) is 6.54 Å². The maximum Gasteiger partial charge on any atom is 0.191 e. The van der Waals surface area contributed by atoms with Crippen LogP contribution in [-0.2, 0) is 12.0 Å². The molecule has 1 aromatic carbocycles. The third-order valence-corrected chi connectivity index (χ3v) is 4.60. The van der Waals surface area contributed by atoms with Gasteiger partial charge >= 0.3 is 0 Å². The van der Waals surface area contributed by atoms with Crippen LogP contribution in [0.5, 0.6) is 0 Å². The van der Waals surface area contributed by atoms with E-state index in [1.54, 1.807) is 6.20 Å². The highest BCUT2D eigenvalue weighted by Gasteiger charge is 2.38. The van der Waals surface area contributed by atoms with Gasteiger partial charge in [0.25, 0.3) is 0 Å². The Morgan fingerprint density at radius 2 is 2.04 bits per heavy atom. The van der Waals surface area contributed by atoms with Gasteiger partial charge in [0.2, 0.25) is 0 Å². The van der Waals surface area contributed by atoms with Crippen molar-refractivity contribution in [1.29, 1.82) is 0 Å². The molecule has 2 aromatic rings. The third kappa shape index (κ3) is 3.73. The number of rotatable bonds is 6. The van der Waals surface area contributed by atoms with Crippen molar-refractivity contribution < 1.29 is 0 Å². The van der Waals surface area contributed by atoms with Crippen molar-refractivity contribution in [3.8, 4) is 0 Å². The molecule has 1 aliphatic carbocycles. The number of aliphatic imine (C=N–C) groups is 1. The quantitative estimate of drug-likeness (QED) is 0.567.